The van der Waals surface area contributed by atoms with Gasteiger partial charge in [-0.25, -0.2) is 17.6 Å². The molecule has 1 unspecified atom stereocenters. The smallest absolute Gasteiger partial charge is 0.262 e. The van der Waals surface area contributed by atoms with Crippen molar-refractivity contribution in [1.82, 2.24) is 10.6 Å². The third-order valence-corrected chi connectivity index (χ3v) is 3.21. The number of hydrogen-bond acceptors (Lipinski definition) is 2. The van der Waals surface area contributed by atoms with E-state index in [1.165, 1.54) is 13.0 Å². The predicted molar refractivity (Wildman–Crippen MR) is 71.5 cm³/mol. The van der Waals surface area contributed by atoms with E-state index in [1.807, 2.05) is 0 Å². The van der Waals surface area contributed by atoms with E-state index in [2.05, 4.69) is 10.6 Å². The van der Waals surface area contributed by atoms with E-state index in [4.69, 9.17) is 0 Å². The highest BCUT2D eigenvalue weighted by molar-refractivity contribution is 5.85. The van der Waals surface area contributed by atoms with Gasteiger partial charge in [0, 0.05) is 18.1 Å². The topological polar surface area (TPSA) is 41.1 Å². The minimum Gasteiger partial charge on any atom is -0.348 e. The van der Waals surface area contributed by atoms with Gasteiger partial charge in [0.15, 0.2) is 0 Å². The monoisotopic (exact) mass is 326 g/mol. The third-order valence-electron chi connectivity index (χ3n) is 3.21. The highest BCUT2D eigenvalue weighted by Crippen LogP contribution is 2.26. The Bertz CT molecular complexity index is 527. The highest BCUT2D eigenvalue weighted by Gasteiger charge is 2.42. The number of nitrogens with one attached hydrogen (secondary N) is 2. The molecule has 2 atom stereocenters. The Morgan fingerprint density at radius 1 is 1.43 bits per heavy atom. The molecule has 0 aromatic heterocycles. The van der Waals surface area contributed by atoms with Gasteiger partial charge in [0.05, 0.1) is 18.6 Å². The summed E-state index contributed by atoms with van der Waals surface area (Å²) in [4.78, 5) is 11.8. The SMILES string of the molecule is C[C@@H](NC(=O)C1CC(F)(F)CN1)c1ccc(F)cc1F.Cl. The van der Waals surface area contributed by atoms with Crippen LogP contribution in [0, 0.1) is 11.6 Å². The van der Waals surface area contributed by atoms with Crippen LogP contribution in [0.1, 0.15) is 24.9 Å². The van der Waals surface area contributed by atoms with Crippen LogP contribution in [0.15, 0.2) is 18.2 Å². The zero-order chi connectivity index (χ0) is 14.9. The van der Waals surface area contributed by atoms with E-state index >= 15 is 0 Å². The lowest BCUT2D eigenvalue weighted by atomic mass is 10.1. The number of carbonyl (C=O) groups excluding carboxylic acids is 1. The molecule has 0 aliphatic carbocycles. The van der Waals surface area contributed by atoms with Crippen LogP contribution in [0.3, 0.4) is 0 Å². The first-order valence-corrected chi connectivity index (χ1v) is 6.15. The van der Waals surface area contributed by atoms with Crippen LogP contribution < -0.4 is 10.6 Å². The standard InChI is InChI=1S/C13H14F4N2O.ClH/c1-7(9-3-2-8(14)4-10(9)15)19-12(20)11-5-13(16,17)6-18-11;/h2-4,7,11,18H,5-6H2,1H3,(H,19,20);1H/t7-,11?;/m1./s1. The van der Waals surface area contributed by atoms with Crippen molar-refractivity contribution in [2.45, 2.75) is 31.4 Å². The summed E-state index contributed by atoms with van der Waals surface area (Å²) in [6, 6.07) is 1.25. The van der Waals surface area contributed by atoms with Crippen molar-refractivity contribution < 1.29 is 22.4 Å². The first-order valence-electron chi connectivity index (χ1n) is 6.15. The van der Waals surface area contributed by atoms with Crippen LogP contribution in [-0.2, 0) is 4.79 Å². The summed E-state index contributed by atoms with van der Waals surface area (Å²) < 4.78 is 52.3. The van der Waals surface area contributed by atoms with Gasteiger partial charge >= 0.3 is 0 Å². The van der Waals surface area contributed by atoms with Crippen molar-refractivity contribution in [2.24, 2.45) is 0 Å². The predicted octanol–water partition coefficient (Wildman–Crippen LogP) is 2.56. The summed E-state index contributed by atoms with van der Waals surface area (Å²) in [5.74, 6) is -5.05. The molecule has 2 N–H and O–H groups in total. The molecule has 0 bridgehead atoms. The number of halogens is 5. The maximum atomic E-state index is 13.5. The van der Waals surface area contributed by atoms with E-state index in [0.717, 1.165) is 6.07 Å². The fraction of sp³-hybridized carbons (Fsp3) is 0.462. The fourth-order valence-corrected chi connectivity index (χ4v) is 2.15. The normalized spacial score (nSPS) is 21.5. The molecule has 118 valence electrons. The number of benzene rings is 1. The van der Waals surface area contributed by atoms with Crippen molar-refractivity contribution in [3.8, 4) is 0 Å². The van der Waals surface area contributed by atoms with E-state index in [1.54, 1.807) is 0 Å². The summed E-state index contributed by atoms with van der Waals surface area (Å²) in [6.07, 6.45) is -0.586. The molecular formula is C13H15ClF4N2O. The summed E-state index contributed by atoms with van der Waals surface area (Å²) in [6.45, 7) is 0.950. The maximum absolute atomic E-state index is 13.5. The second-order valence-electron chi connectivity index (χ2n) is 4.89. The Morgan fingerprint density at radius 2 is 2.10 bits per heavy atom. The van der Waals surface area contributed by atoms with Crippen molar-refractivity contribution in [3.63, 3.8) is 0 Å². The number of carbonyl (C=O) groups is 1. The van der Waals surface area contributed by atoms with Crippen LogP contribution in [0.4, 0.5) is 17.6 Å². The van der Waals surface area contributed by atoms with Crippen LogP contribution in [0.25, 0.3) is 0 Å². The molecule has 1 fully saturated rings. The molecule has 1 heterocycles. The van der Waals surface area contributed by atoms with Crippen molar-refractivity contribution in [2.75, 3.05) is 6.54 Å². The van der Waals surface area contributed by atoms with Gasteiger partial charge in [-0.1, -0.05) is 6.07 Å². The summed E-state index contributed by atoms with van der Waals surface area (Å²) >= 11 is 0. The van der Waals surface area contributed by atoms with Gasteiger partial charge in [0.1, 0.15) is 11.6 Å². The minimum atomic E-state index is -2.91. The maximum Gasteiger partial charge on any atom is 0.262 e. The first kappa shape index (κ1) is 17.7. The average Bonchev–Trinajstić information content (AvgIpc) is 2.69. The van der Waals surface area contributed by atoms with Gasteiger partial charge in [0.2, 0.25) is 5.91 Å². The third kappa shape index (κ3) is 4.31. The van der Waals surface area contributed by atoms with Gasteiger partial charge in [-0.15, -0.1) is 12.4 Å². The number of rotatable bonds is 3. The molecule has 1 aromatic carbocycles. The van der Waals surface area contributed by atoms with E-state index in [-0.39, 0.29) is 18.0 Å². The van der Waals surface area contributed by atoms with E-state index < -0.39 is 48.5 Å². The molecule has 1 aliphatic heterocycles. The van der Waals surface area contributed by atoms with E-state index in [9.17, 15) is 22.4 Å². The van der Waals surface area contributed by atoms with Gasteiger partial charge in [0.25, 0.3) is 5.92 Å². The highest BCUT2D eigenvalue weighted by atomic mass is 35.5. The zero-order valence-corrected chi connectivity index (χ0v) is 11.9. The minimum absolute atomic E-state index is 0. The van der Waals surface area contributed by atoms with Gasteiger partial charge in [-0.2, -0.15) is 0 Å². The van der Waals surface area contributed by atoms with Crippen molar-refractivity contribution >= 4 is 18.3 Å². The Labute approximate surface area is 125 Å². The Morgan fingerprint density at radius 3 is 2.62 bits per heavy atom. The van der Waals surface area contributed by atoms with E-state index in [0.29, 0.717) is 6.07 Å². The molecule has 1 amide bonds. The summed E-state index contributed by atoms with van der Waals surface area (Å²) in [7, 11) is 0. The number of amides is 1. The van der Waals surface area contributed by atoms with Crippen molar-refractivity contribution in [3.05, 3.63) is 35.4 Å². The molecule has 1 saturated heterocycles. The van der Waals surface area contributed by atoms with Crippen LogP contribution in [0.2, 0.25) is 0 Å². The lowest BCUT2D eigenvalue weighted by molar-refractivity contribution is -0.124. The largest absolute Gasteiger partial charge is 0.348 e. The lowest BCUT2D eigenvalue weighted by Gasteiger charge is -2.18. The van der Waals surface area contributed by atoms with Crippen LogP contribution >= 0.6 is 12.4 Å². The zero-order valence-electron chi connectivity index (χ0n) is 11.1. The number of hydrogen-bond donors (Lipinski definition) is 2. The Balaban J connectivity index is 0.00000220. The second kappa shape index (κ2) is 6.62. The molecule has 1 aliphatic rings. The summed E-state index contributed by atoms with van der Waals surface area (Å²) in [5, 5.41) is 4.85. The fourth-order valence-electron chi connectivity index (χ4n) is 2.15. The molecule has 1 aromatic rings. The molecule has 3 nitrogen and oxygen atoms in total. The van der Waals surface area contributed by atoms with Gasteiger partial charge in [-0.05, 0) is 13.0 Å². The molecule has 0 spiro atoms. The second-order valence-corrected chi connectivity index (χ2v) is 4.89. The molecular weight excluding hydrogens is 312 g/mol. The van der Waals surface area contributed by atoms with Gasteiger partial charge < -0.3 is 5.32 Å². The summed E-state index contributed by atoms with van der Waals surface area (Å²) in [5.41, 5.74) is 0.101. The molecule has 21 heavy (non-hydrogen) atoms. The number of alkyl halides is 2. The Kier molecular flexibility index (Phi) is 5.58. The quantitative estimate of drug-likeness (QED) is 0.838. The van der Waals surface area contributed by atoms with Crippen LogP contribution in [-0.4, -0.2) is 24.4 Å². The van der Waals surface area contributed by atoms with Crippen molar-refractivity contribution in [1.29, 1.82) is 0 Å². The van der Waals surface area contributed by atoms with Crippen LogP contribution in [0.5, 0.6) is 0 Å². The molecule has 0 radical (unpaired) electrons. The van der Waals surface area contributed by atoms with Gasteiger partial charge in [-0.3, -0.25) is 10.1 Å². The average molecular weight is 327 g/mol. The molecule has 0 saturated carbocycles. The Hall–Kier alpha value is -1.34. The first-order chi connectivity index (χ1) is 9.28. The molecule has 8 heteroatoms. The molecule has 2 rings (SSSR count). The lowest BCUT2D eigenvalue weighted by Crippen LogP contribution is -2.41.